The highest BCUT2D eigenvalue weighted by Gasteiger charge is 2.37. The number of methoxy groups -OCH3 is 3. The fourth-order valence-electron chi connectivity index (χ4n) is 3.22. The third kappa shape index (κ3) is 3.82. The molecule has 1 amide bonds. The number of esters is 2. The van der Waals surface area contributed by atoms with Crippen LogP contribution in [0.4, 0.5) is 5.69 Å². The lowest BCUT2D eigenvalue weighted by Gasteiger charge is -2.18. The van der Waals surface area contributed by atoms with E-state index < -0.39 is 11.9 Å². The quantitative estimate of drug-likeness (QED) is 0.558. The Morgan fingerprint density at radius 2 is 1.47 bits per heavy atom. The molecule has 0 radical (unpaired) electrons. The fourth-order valence-corrected chi connectivity index (χ4v) is 3.22. The summed E-state index contributed by atoms with van der Waals surface area (Å²) in [4.78, 5) is 38.8. The Labute approximate surface area is 174 Å². The maximum absolute atomic E-state index is 13.2. The van der Waals surface area contributed by atoms with Crippen molar-refractivity contribution < 1.29 is 28.6 Å². The maximum atomic E-state index is 13.2. The summed E-state index contributed by atoms with van der Waals surface area (Å²) in [5, 5.41) is 0. The molecule has 1 heterocycles. The molecule has 1 aliphatic heterocycles. The van der Waals surface area contributed by atoms with Crippen LogP contribution >= 0.6 is 0 Å². The van der Waals surface area contributed by atoms with Gasteiger partial charge in [0.2, 0.25) is 0 Å². The van der Waals surface area contributed by atoms with E-state index in [-0.39, 0.29) is 17.1 Å². The summed E-state index contributed by atoms with van der Waals surface area (Å²) in [6.07, 6.45) is 1.60. The predicted molar refractivity (Wildman–Crippen MR) is 111 cm³/mol. The number of rotatable bonds is 5. The lowest BCUT2D eigenvalue weighted by atomic mass is 10.0. The van der Waals surface area contributed by atoms with Crippen LogP contribution in [0.3, 0.4) is 0 Å². The zero-order valence-electron chi connectivity index (χ0n) is 17.1. The first-order valence-electron chi connectivity index (χ1n) is 9.09. The first kappa shape index (κ1) is 20.9. The second-order valence-corrected chi connectivity index (χ2v) is 6.46. The predicted octanol–water partition coefficient (Wildman–Crippen LogP) is 3.36. The minimum Gasteiger partial charge on any atom is -0.497 e. The molecular weight excluding hydrogens is 386 g/mol. The maximum Gasteiger partial charge on any atom is 0.340 e. The molecule has 2 aromatic carbocycles. The van der Waals surface area contributed by atoms with Crippen molar-refractivity contribution in [3.63, 3.8) is 0 Å². The first-order valence-corrected chi connectivity index (χ1v) is 9.09. The van der Waals surface area contributed by atoms with Gasteiger partial charge in [0, 0.05) is 11.4 Å². The number of hydrogen-bond acceptors (Lipinski definition) is 6. The average Bonchev–Trinajstić information content (AvgIpc) is 3.02. The minimum atomic E-state index is -0.603. The molecule has 0 aromatic heterocycles. The van der Waals surface area contributed by atoms with Gasteiger partial charge < -0.3 is 14.2 Å². The van der Waals surface area contributed by atoms with Crippen LogP contribution in [0, 0.1) is 0 Å². The van der Waals surface area contributed by atoms with E-state index in [9.17, 15) is 14.4 Å². The van der Waals surface area contributed by atoms with Crippen molar-refractivity contribution in [2.24, 2.45) is 0 Å². The van der Waals surface area contributed by atoms with Crippen LogP contribution in [0.1, 0.15) is 22.8 Å². The van der Waals surface area contributed by atoms with Gasteiger partial charge in [-0.25, -0.2) is 9.59 Å². The van der Waals surface area contributed by atoms with Crippen LogP contribution in [-0.4, -0.2) is 39.2 Å². The number of carbonyl (C=O) groups is 3. The summed E-state index contributed by atoms with van der Waals surface area (Å²) >= 11 is 0. The van der Waals surface area contributed by atoms with Crippen LogP contribution in [0.2, 0.25) is 0 Å². The molecule has 0 saturated heterocycles. The van der Waals surface area contributed by atoms with Crippen LogP contribution in [-0.2, 0) is 19.1 Å². The second-order valence-electron chi connectivity index (χ2n) is 6.46. The molecular formula is C23H21NO6. The Kier molecular flexibility index (Phi) is 6.01. The Bertz CT molecular complexity index is 1050. The molecule has 0 bridgehead atoms. The number of carbonyl (C=O) groups excluding carboxylic acids is 3. The number of benzene rings is 2. The van der Waals surface area contributed by atoms with Gasteiger partial charge in [-0.05, 0) is 55.0 Å². The van der Waals surface area contributed by atoms with E-state index in [0.29, 0.717) is 28.3 Å². The average molecular weight is 407 g/mol. The fraction of sp³-hybridized carbons (Fsp3) is 0.174. The molecule has 7 heteroatoms. The zero-order valence-corrected chi connectivity index (χ0v) is 17.1. The van der Waals surface area contributed by atoms with Crippen molar-refractivity contribution in [1.29, 1.82) is 0 Å². The van der Waals surface area contributed by atoms with Gasteiger partial charge >= 0.3 is 11.9 Å². The molecule has 2 aromatic rings. The van der Waals surface area contributed by atoms with Crippen LogP contribution in [0.5, 0.6) is 5.75 Å². The van der Waals surface area contributed by atoms with E-state index in [4.69, 9.17) is 14.2 Å². The highest BCUT2D eigenvalue weighted by molar-refractivity contribution is 6.23. The van der Waals surface area contributed by atoms with Crippen LogP contribution in [0.25, 0.3) is 6.08 Å². The summed E-state index contributed by atoms with van der Waals surface area (Å²) in [6.45, 7) is 1.69. The monoisotopic (exact) mass is 407 g/mol. The zero-order chi connectivity index (χ0) is 21.8. The summed E-state index contributed by atoms with van der Waals surface area (Å²) in [5.74, 6) is -0.756. The van der Waals surface area contributed by atoms with Crippen LogP contribution in [0.15, 0.2) is 65.4 Å². The summed E-state index contributed by atoms with van der Waals surface area (Å²) in [6, 6.07) is 13.5. The topological polar surface area (TPSA) is 82.1 Å². The molecule has 30 heavy (non-hydrogen) atoms. The Morgan fingerprint density at radius 1 is 0.867 bits per heavy atom. The van der Waals surface area contributed by atoms with Crippen molar-refractivity contribution in [1.82, 2.24) is 0 Å². The molecule has 154 valence electrons. The van der Waals surface area contributed by atoms with Gasteiger partial charge in [0.15, 0.2) is 0 Å². The van der Waals surface area contributed by atoms with Crippen molar-refractivity contribution in [3.05, 3.63) is 76.5 Å². The molecule has 3 rings (SSSR count). The van der Waals surface area contributed by atoms with Crippen molar-refractivity contribution in [2.75, 3.05) is 26.2 Å². The van der Waals surface area contributed by atoms with Gasteiger partial charge in [-0.15, -0.1) is 0 Å². The normalized spacial score (nSPS) is 14.9. The number of amides is 1. The number of allylic oxidation sites excluding steroid dienone is 1. The molecule has 0 atom stereocenters. The summed E-state index contributed by atoms with van der Waals surface area (Å²) in [7, 11) is 4.13. The van der Waals surface area contributed by atoms with E-state index in [0.717, 1.165) is 0 Å². The highest BCUT2D eigenvalue weighted by Crippen LogP contribution is 2.36. The Hall–Kier alpha value is -3.87. The van der Waals surface area contributed by atoms with Crippen molar-refractivity contribution in [2.45, 2.75) is 6.92 Å². The van der Waals surface area contributed by atoms with Crippen molar-refractivity contribution in [3.8, 4) is 5.75 Å². The van der Waals surface area contributed by atoms with E-state index in [1.165, 1.54) is 19.1 Å². The van der Waals surface area contributed by atoms with Gasteiger partial charge in [0.1, 0.15) is 5.75 Å². The molecule has 0 N–H and O–H groups in total. The third-order valence-corrected chi connectivity index (χ3v) is 4.76. The number of ether oxygens (including phenoxy) is 3. The number of hydrogen-bond donors (Lipinski definition) is 0. The SMILES string of the molecule is COC(=O)C1=C(C)N(c2ccc(OC)cc2)C(=O)/C1=C\c1ccc(C(=O)OC)cc1. The van der Waals surface area contributed by atoms with E-state index in [1.54, 1.807) is 68.6 Å². The van der Waals surface area contributed by atoms with Gasteiger partial charge in [0.25, 0.3) is 5.91 Å². The molecule has 7 nitrogen and oxygen atoms in total. The van der Waals surface area contributed by atoms with Crippen molar-refractivity contribution >= 4 is 29.6 Å². The molecule has 0 fully saturated rings. The largest absolute Gasteiger partial charge is 0.497 e. The highest BCUT2D eigenvalue weighted by atomic mass is 16.5. The van der Waals surface area contributed by atoms with E-state index in [2.05, 4.69) is 0 Å². The van der Waals surface area contributed by atoms with E-state index in [1.807, 2.05) is 0 Å². The Morgan fingerprint density at radius 3 is 2.00 bits per heavy atom. The lowest BCUT2D eigenvalue weighted by Crippen LogP contribution is -2.24. The van der Waals surface area contributed by atoms with Gasteiger partial charge in [0.05, 0.1) is 38.0 Å². The van der Waals surface area contributed by atoms with Crippen LogP contribution < -0.4 is 9.64 Å². The van der Waals surface area contributed by atoms with Gasteiger partial charge in [-0.3, -0.25) is 9.69 Å². The molecule has 1 aliphatic rings. The summed E-state index contributed by atoms with van der Waals surface area (Å²) in [5.41, 5.74) is 2.50. The molecule has 0 aliphatic carbocycles. The smallest absolute Gasteiger partial charge is 0.340 e. The van der Waals surface area contributed by atoms with Gasteiger partial charge in [-0.2, -0.15) is 0 Å². The minimum absolute atomic E-state index is 0.190. The molecule has 0 spiro atoms. The molecule has 0 saturated carbocycles. The Balaban J connectivity index is 2.04. The number of anilines is 1. The van der Waals surface area contributed by atoms with E-state index >= 15 is 0 Å². The standard InChI is InChI=1S/C23H21NO6/c1-14-20(23(27)30-4)19(13-15-5-7-16(8-6-15)22(26)29-3)21(25)24(14)17-9-11-18(28-2)12-10-17/h5-13H,1-4H3/b19-13-. The molecule has 0 unspecified atom stereocenters. The first-order chi connectivity index (χ1) is 14.4. The third-order valence-electron chi connectivity index (χ3n) is 4.76. The number of nitrogens with zero attached hydrogens (tertiary/aromatic N) is 1. The summed E-state index contributed by atoms with van der Waals surface area (Å²) < 4.78 is 14.8. The van der Waals surface area contributed by atoms with Gasteiger partial charge in [-0.1, -0.05) is 12.1 Å². The second kappa shape index (κ2) is 8.65. The lowest BCUT2D eigenvalue weighted by molar-refractivity contribution is -0.136.